The zero-order chi connectivity index (χ0) is 17.6. The number of hydrazone groups is 1. The minimum absolute atomic E-state index is 0.119. The molecule has 0 aromatic heterocycles. The Morgan fingerprint density at radius 2 is 1.83 bits per heavy atom. The van der Waals surface area contributed by atoms with E-state index in [4.69, 9.17) is 9.47 Å². The summed E-state index contributed by atoms with van der Waals surface area (Å²) in [6, 6.07) is 13.4. The van der Waals surface area contributed by atoms with Gasteiger partial charge in [0, 0.05) is 5.56 Å². The first-order valence-corrected chi connectivity index (χ1v) is 8.88. The fraction of sp³-hybridized carbons (Fsp3) is 0.235. The third kappa shape index (κ3) is 4.48. The van der Waals surface area contributed by atoms with Gasteiger partial charge in [-0.25, -0.2) is 0 Å². The van der Waals surface area contributed by atoms with Gasteiger partial charge in [-0.1, -0.05) is 12.1 Å². The molecule has 0 saturated carbocycles. The van der Waals surface area contributed by atoms with Crippen LogP contribution < -0.4 is 14.3 Å². The Morgan fingerprint density at radius 3 is 2.46 bits per heavy atom. The first-order valence-electron chi connectivity index (χ1n) is 7.39. The van der Waals surface area contributed by atoms with Crippen LogP contribution in [0.25, 0.3) is 0 Å². The molecule has 0 aliphatic carbocycles. The second-order valence-electron chi connectivity index (χ2n) is 4.93. The van der Waals surface area contributed by atoms with Crippen LogP contribution in [0.5, 0.6) is 11.5 Å². The number of hydrogen-bond acceptors (Lipinski definition) is 5. The van der Waals surface area contributed by atoms with E-state index in [1.807, 2.05) is 19.1 Å². The minimum atomic E-state index is -3.74. The molecule has 128 valence electrons. The summed E-state index contributed by atoms with van der Waals surface area (Å²) in [6.45, 7) is 4.10. The highest BCUT2D eigenvalue weighted by Crippen LogP contribution is 2.16. The Balaban J connectivity index is 2.15. The summed E-state index contributed by atoms with van der Waals surface area (Å²) in [7, 11) is -2.17. The highest BCUT2D eigenvalue weighted by atomic mass is 32.2. The molecule has 0 fully saturated rings. The van der Waals surface area contributed by atoms with Crippen molar-refractivity contribution in [2.75, 3.05) is 13.7 Å². The molecule has 0 aliphatic heterocycles. The van der Waals surface area contributed by atoms with Gasteiger partial charge in [0.05, 0.1) is 24.3 Å². The first kappa shape index (κ1) is 17.8. The van der Waals surface area contributed by atoms with E-state index in [1.165, 1.54) is 12.1 Å². The Labute approximate surface area is 142 Å². The fourth-order valence-corrected chi connectivity index (χ4v) is 2.83. The molecule has 7 heteroatoms. The second-order valence-corrected chi connectivity index (χ2v) is 6.59. The summed E-state index contributed by atoms with van der Waals surface area (Å²) < 4.78 is 35.0. The standard InChI is InChI=1S/C17H20N2O4S/c1-4-23-15-8-10-17(11-9-15)24(20,21)19-18-13(2)14-6-5-7-16(12-14)22-3/h5-12,19H,4H2,1-3H3/b18-13-. The van der Waals surface area contributed by atoms with Crippen molar-refractivity contribution in [1.82, 2.24) is 4.83 Å². The molecule has 24 heavy (non-hydrogen) atoms. The molecule has 2 aromatic carbocycles. The average molecular weight is 348 g/mol. The Morgan fingerprint density at radius 1 is 1.12 bits per heavy atom. The van der Waals surface area contributed by atoms with Crippen LogP contribution in [-0.2, 0) is 10.0 Å². The lowest BCUT2D eigenvalue weighted by molar-refractivity contribution is 0.340. The number of nitrogens with zero attached hydrogens (tertiary/aromatic N) is 1. The second kappa shape index (κ2) is 7.83. The summed E-state index contributed by atoms with van der Waals surface area (Å²) in [5.74, 6) is 1.30. The number of hydrogen-bond donors (Lipinski definition) is 1. The van der Waals surface area contributed by atoms with Gasteiger partial charge in [-0.3, -0.25) is 0 Å². The minimum Gasteiger partial charge on any atom is -0.497 e. The van der Waals surface area contributed by atoms with E-state index in [0.29, 0.717) is 23.8 Å². The molecule has 0 bridgehead atoms. The first-order chi connectivity index (χ1) is 11.5. The summed E-state index contributed by atoms with van der Waals surface area (Å²) in [5.41, 5.74) is 1.30. The maximum atomic E-state index is 12.3. The van der Waals surface area contributed by atoms with Gasteiger partial charge in [0.15, 0.2) is 0 Å². The molecule has 2 aromatic rings. The SMILES string of the molecule is CCOc1ccc(S(=O)(=O)N/N=C(/C)c2cccc(OC)c2)cc1. The molecule has 0 amide bonds. The predicted octanol–water partition coefficient (Wildman–Crippen LogP) is 2.80. The highest BCUT2D eigenvalue weighted by molar-refractivity contribution is 7.89. The quantitative estimate of drug-likeness (QED) is 0.616. The molecule has 1 N–H and O–H groups in total. The van der Waals surface area contributed by atoms with E-state index in [1.54, 1.807) is 38.3 Å². The van der Waals surface area contributed by atoms with Crippen molar-refractivity contribution in [3.8, 4) is 11.5 Å². The molecule has 0 atom stereocenters. The maximum Gasteiger partial charge on any atom is 0.276 e. The van der Waals surface area contributed by atoms with Gasteiger partial charge in [0.2, 0.25) is 0 Å². The molecule has 0 spiro atoms. The lowest BCUT2D eigenvalue weighted by atomic mass is 10.1. The van der Waals surface area contributed by atoms with Crippen molar-refractivity contribution in [2.24, 2.45) is 5.10 Å². The topological polar surface area (TPSA) is 77.0 Å². The molecule has 2 rings (SSSR count). The number of nitrogens with one attached hydrogen (secondary N) is 1. The van der Waals surface area contributed by atoms with Crippen LogP contribution >= 0.6 is 0 Å². The molecule has 0 unspecified atom stereocenters. The third-order valence-electron chi connectivity index (χ3n) is 3.27. The Hall–Kier alpha value is -2.54. The van der Waals surface area contributed by atoms with Crippen LogP contribution in [0.2, 0.25) is 0 Å². The van der Waals surface area contributed by atoms with Gasteiger partial charge in [-0.2, -0.15) is 18.4 Å². The number of ether oxygens (including phenoxy) is 2. The zero-order valence-corrected chi connectivity index (χ0v) is 14.6. The van der Waals surface area contributed by atoms with E-state index < -0.39 is 10.0 Å². The van der Waals surface area contributed by atoms with E-state index in [-0.39, 0.29) is 4.90 Å². The number of sulfonamides is 1. The Kier molecular flexibility index (Phi) is 5.81. The lowest BCUT2D eigenvalue weighted by Crippen LogP contribution is -2.20. The van der Waals surface area contributed by atoms with Gasteiger partial charge < -0.3 is 9.47 Å². The van der Waals surface area contributed by atoms with Gasteiger partial charge in [-0.15, -0.1) is 0 Å². The highest BCUT2D eigenvalue weighted by Gasteiger charge is 2.13. The Bertz CT molecular complexity index is 815. The van der Waals surface area contributed by atoms with Crippen LogP contribution in [-0.4, -0.2) is 27.8 Å². The molecule has 0 heterocycles. The summed E-state index contributed by atoms with van der Waals surface area (Å²) in [4.78, 5) is 2.36. The summed E-state index contributed by atoms with van der Waals surface area (Å²) in [5, 5.41) is 3.97. The van der Waals surface area contributed by atoms with Gasteiger partial charge in [0.1, 0.15) is 11.5 Å². The van der Waals surface area contributed by atoms with Gasteiger partial charge in [-0.05, 0) is 50.2 Å². The van der Waals surface area contributed by atoms with Gasteiger partial charge >= 0.3 is 0 Å². The average Bonchev–Trinajstić information content (AvgIpc) is 2.60. The van der Waals surface area contributed by atoms with Crippen LogP contribution in [0.3, 0.4) is 0 Å². The zero-order valence-electron chi connectivity index (χ0n) is 13.8. The van der Waals surface area contributed by atoms with Crippen molar-refractivity contribution in [3.63, 3.8) is 0 Å². The number of benzene rings is 2. The van der Waals surface area contributed by atoms with Crippen molar-refractivity contribution in [1.29, 1.82) is 0 Å². The molecular weight excluding hydrogens is 328 g/mol. The van der Waals surface area contributed by atoms with E-state index in [2.05, 4.69) is 9.93 Å². The molecule has 0 aliphatic rings. The molecule has 0 saturated heterocycles. The summed E-state index contributed by atoms with van der Waals surface area (Å²) in [6.07, 6.45) is 0. The maximum absolute atomic E-state index is 12.3. The monoisotopic (exact) mass is 348 g/mol. The van der Waals surface area contributed by atoms with Crippen molar-refractivity contribution < 1.29 is 17.9 Å². The van der Waals surface area contributed by atoms with E-state index in [9.17, 15) is 8.42 Å². The largest absolute Gasteiger partial charge is 0.497 e. The van der Waals surface area contributed by atoms with Crippen molar-refractivity contribution in [2.45, 2.75) is 18.7 Å². The van der Waals surface area contributed by atoms with Crippen LogP contribution in [0.1, 0.15) is 19.4 Å². The number of methoxy groups -OCH3 is 1. The smallest absolute Gasteiger partial charge is 0.276 e. The molecule has 0 radical (unpaired) electrons. The third-order valence-corrected chi connectivity index (χ3v) is 4.49. The van der Waals surface area contributed by atoms with Crippen LogP contribution in [0.15, 0.2) is 58.5 Å². The normalized spacial score (nSPS) is 11.9. The van der Waals surface area contributed by atoms with Gasteiger partial charge in [0.25, 0.3) is 10.0 Å². The molecule has 6 nitrogen and oxygen atoms in total. The fourth-order valence-electron chi connectivity index (χ4n) is 1.98. The van der Waals surface area contributed by atoms with E-state index in [0.717, 1.165) is 5.56 Å². The van der Waals surface area contributed by atoms with E-state index >= 15 is 0 Å². The van der Waals surface area contributed by atoms with Crippen molar-refractivity contribution in [3.05, 3.63) is 54.1 Å². The predicted molar refractivity (Wildman–Crippen MR) is 93.1 cm³/mol. The van der Waals surface area contributed by atoms with Crippen LogP contribution in [0, 0.1) is 0 Å². The lowest BCUT2D eigenvalue weighted by Gasteiger charge is -2.07. The summed E-state index contributed by atoms with van der Waals surface area (Å²) >= 11 is 0. The van der Waals surface area contributed by atoms with Crippen LogP contribution in [0.4, 0.5) is 0 Å². The number of rotatable bonds is 7. The molecular formula is C17H20N2O4S. The van der Waals surface area contributed by atoms with Crippen molar-refractivity contribution >= 4 is 15.7 Å².